The largest absolute Gasteiger partial charge is 0.313 e. The molecule has 13 heavy (non-hydrogen) atoms. The van der Waals surface area contributed by atoms with E-state index in [9.17, 15) is 0 Å². The molecule has 3 heteroatoms. The Kier molecular flexibility index (Phi) is 4.50. The van der Waals surface area contributed by atoms with Crippen molar-refractivity contribution < 1.29 is 0 Å². The van der Waals surface area contributed by atoms with E-state index in [2.05, 4.69) is 10.5 Å². The number of nitrogens with one attached hydrogen (secondary N) is 2. The van der Waals surface area contributed by atoms with E-state index in [1.54, 1.807) is 7.05 Å². The van der Waals surface area contributed by atoms with Gasteiger partial charge in [0.15, 0.2) is 0 Å². The molecule has 1 saturated carbocycles. The molecule has 0 aromatic carbocycles. The van der Waals surface area contributed by atoms with Crippen LogP contribution < -0.4 is 5.43 Å². The summed E-state index contributed by atoms with van der Waals surface area (Å²) in [5.41, 5.74) is 4.48. The molecule has 1 aliphatic carbocycles. The minimum Gasteiger partial charge on any atom is -0.313 e. The van der Waals surface area contributed by atoms with Crippen LogP contribution in [0.25, 0.3) is 0 Å². The maximum absolute atomic E-state index is 7.81. The Morgan fingerprint density at radius 2 is 1.69 bits per heavy atom. The molecule has 2 N–H and O–H groups in total. The molecule has 74 valence electrons. The first-order valence-corrected chi connectivity index (χ1v) is 5.15. The number of nitrogens with zero attached hydrogens (tertiary/aromatic N) is 1. The van der Waals surface area contributed by atoms with Gasteiger partial charge in [0, 0.05) is 7.05 Å². The molecule has 0 amide bonds. The molecule has 0 spiro atoms. The number of hydrogen-bond donors (Lipinski definition) is 2. The molecule has 1 aliphatic rings. The molecule has 0 saturated heterocycles. The van der Waals surface area contributed by atoms with Gasteiger partial charge in [-0.3, -0.25) is 0 Å². The van der Waals surface area contributed by atoms with E-state index >= 15 is 0 Å². The van der Waals surface area contributed by atoms with Gasteiger partial charge in [0.05, 0.1) is 11.4 Å². The van der Waals surface area contributed by atoms with Gasteiger partial charge in [-0.1, -0.05) is 19.3 Å². The first-order chi connectivity index (χ1) is 6.34. The van der Waals surface area contributed by atoms with Gasteiger partial charge in [-0.05, 0) is 25.7 Å². The highest BCUT2D eigenvalue weighted by atomic mass is 15.3. The zero-order chi connectivity index (χ0) is 9.52. The van der Waals surface area contributed by atoms with Crippen molar-refractivity contribution in [3.8, 4) is 0 Å². The van der Waals surface area contributed by atoms with Gasteiger partial charge in [-0.15, -0.1) is 0 Å². The molecule has 0 bridgehead atoms. The van der Waals surface area contributed by atoms with Crippen LogP contribution in [0.1, 0.15) is 44.9 Å². The fourth-order valence-corrected chi connectivity index (χ4v) is 1.68. The first-order valence-electron chi connectivity index (χ1n) is 5.15. The van der Waals surface area contributed by atoms with Crippen LogP contribution in [0.3, 0.4) is 0 Å². The Balaban J connectivity index is 2.55. The van der Waals surface area contributed by atoms with Gasteiger partial charge < -0.3 is 10.8 Å². The number of rotatable bonds is 1. The highest BCUT2D eigenvalue weighted by Crippen LogP contribution is 2.13. The van der Waals surface area contributed by atoms with Crippen LogP contribution >= 0.6 is 0 Å². The molecule has 1 rings (SSSR count). The SMILES string of the molecule is CN/N=C1/CCCCCCCC1=N. The number of hydrogen-bond acceptors (Lipinski definition) is 3. The molecule has 0 aromatic rings. The summed E-state index contributed by atoms with van der Waals surface area (Å²) < 4.78 is 0. The fraction of sp³-hybridized carbons (Fsp3) is 0.800. The zero-order valence-corrected chi connectivity index (χ0v) is 8.40. The van der Waals surface area contributed by atoms with Crippen LogP contribution in [-0.4, -0.2) is 18.5 Å². The van der Waals surface area contributed by atoms with E-state index in [1.807, 2.05) is 0 Å². The first kappa shape index (κ1) is 10.2. The molecule has 1 fully saturated rings. The van der Waals surface area contributed by atoms with Crippen molar-refractivity contribution in [1.29, 1.82) is 5.41 Å². The highest BCUT2D eigenvalue weighted by Gasteiger charge is 2.09. The van der Waals surface area contributed by atoms with Gasteiger partial charge in [0.25, 0.3) is 0 Å². The van der Waals surface area contributed by atoms with Crippen molar-refractivity contribution in [1.82, 2.24) is 5.43 Å². The average Bonchev–Trinajstić information content (AvgIpc) is 2.21. The standard InChI is InChI=1S/C10H19N3/c1-12-13-10-8-6-4-2-3-5-7-9(10)11/h11-12H,2-8H2,1H3/b11-9?,13-10-. The third kappa shape index (κ3) is 3.57. The Morgan fingerprint density at radius 1 is 1.08 bits per heavy atom. The second-order valence-corrected chi connectivity index (χ2v) is 3.53. The Morgan fingerprint density at radius 3 is 2.38 bits per heavy atom. The molecule has 0 unspecified atom stereocenters. The third-order valence-corrected chi connectivity index (χ3v) is 2.44. The summed E-state index contributed by atoms with van der Waals surface area (Å²) in [6.45, 7) is 0. The van der Waals surface area contributed by atoms with Crippen molar-refractivity contribution in [2.24, 2.45) is 5.10 Å². The summed E-state index contributed by atoms with van der Waals surface area (Å²) in [6.07, 6.45) is 8.09. The Hall–Kier alpha value is -0.860. The van der Waals surface area contributed by atoms with Crippen molar-refractivity contribution >= 4 is 11.4 Å². The van der Waals surface area contributed by atoms with Crippen LogP contribution in [0.2, 0.25) is 0 Å². The predicted octanol–water partition coefficient (Wildman–Crippen LogP) is 2.33. The van der Waals surface area contributed by atoms with Crippen molar-refractivity contribution in [3.05, 3.63) is 0 Å². The minimum atomic E-state index is 0.733. The monoisotopic (exact) mass is 181 g/mol. The predicted molar refractivity (Wildman–Crippen MR) is 56.5 cm³/mol. The second kappa shape index (κ2) is 5.73. The van der Waals surface area contributed by atoms with Crippen LogP contribution in [0.4, 0.5) is 0 Å². The maximum Gasteiger partial charge on any atom is 0.0809 e. The topological polar surface area (TPSA) is 48.2 Å². The Labute approximate surface area is 80.1 Å². The van der Waals surface area contributed by atoms with Crippen LogP contribution in [0, 0.1) is 5.41 Å². The van der Waals surface area contributed by atoms with Crippen LogP contribution in [0.15, 0.2) is 5.10 Å². The van der Waals surface area contributed by atoms with Crippen LogP contribution in [-0.2, 0) is 0 Å². The average molecular weight is 181 g/mol. The van der Waals surface area contributed by atoms with Gasteiger partial charge in [-0.2, -0.15) is 5.10 Å². The summed E-state index contributed by atoms with van der Waals surface area (Å²) in [7, 11) is 1.80. The summed E-state index contributed by atoms with van der Waals surface area (Å²) in [4.78, 5) is 0. The quantitative estimate of drug-likeness (QED) is 0.599. The lowest BCUT2D eigenvalue weighted by Crippen LogP contribution is -2.16. The van der Waals surface area contributed by atoms with Crippen molar-refractivity contribution in [2.75, 3.05) is 7.05 Å². The summed E-state index contributed by atoms with van der Waals surface area (Å²) in [6, 6.07) is 0. The molecule has 0 heterocycles. The lowest BCUT2D eigenvalue weighted by atomic mass is 10.1. The van der Waals surface area contributed by atoms with Gasteiger partial charge >= 0.3 is 0 Å². The maximum atomic E-state index is 7.81. The van der Waals surface area contributed by atoms with Gasteiger partial charge in [0.1, 0.15) is 0 Å². The van der Waals surface area contributed by atoms with Gasteiger partial charge in [0.2, 0.25) is 0 Å². The Bertz CT molecular complexity index is 196. The molecule has 0 atom stereocenters. The second-order valence-electron chi connectivity index (χ2n) is 3.53. The van der Waals surface area contributed by atoms with Crippen molar-refractivity contribution in [2.45, 2.75) is 44.9 Å². The number of hydrazone groups is 1. The van der Waals surface area contributed by atoms with Crippen LogP contribution in [0.5, 0.6) is 0 Å². The summed E-state index contributed by atoms with van der Waals surface area (Å²) in [5, 5.41) is 12.0. The van der Waals surface area contributed by atoms with E-state index in [4.69, 9.17) is 5.41 Å². The normalized spacial score (nSPS) is 23.5. The fourth-order valence-electron chi connectivity index (χ4n) is 1.68. The summed E-state index contributed by atoms with van der Waals surface area (Å²) >= 11 is 0. The van der Waals surface area contributed by atoms with E-state index in [1.165, 1.54) is 25.7 Å². The minimum absolute atomic E-state index is 0.733. The molecule has 0 radical (unpaired) electrons. The smallest absolute Gasteiger partial charge is 0.0809 e. The van der Waals surface area contributed by atoms with E-state index in [-0.39, 0.29) is 0 Å². The molecule has 3 nitrogen and oxygen atoms in total. The van der Waals surface area contributed by atoms with Gasteiger partial charge in [-0.25, -0.2) is 0 Å². The van der Waals surface area contributed by atoms with E-state index in [0.717, 1.165) is 30.7 Å². The molecular formula is C10H19N3. The zero-order valence-electron chi connectivity index (χ0n) is 8.40. The molecule has 0 aromatic heterocycles. The molecular weight excluding hydrogens is 162 g/mol. The molecule has 0 aliphatic heterocycles. The lowest BCUT2D eigenvalue weighted by molar-refractivity contribution is 0.639. The third-order valence-electron chi connectivity index (χ3n) is 2.44. The van der Waals surface area contributed by atoms with E-state index in [0.29, 0.717) is 0 Å². The summed E-state index contributed by atoms with van der Waals surface area (Å²) in [5.74, 6) is 0. The highest BCUT2D eigenvalue weighted by molar-refractivity contribution is 6.41. The lowest BCUT2D eigenvalue weighted by Gasteiger charge is -2.04. The van der Waals surface area contributed by atoms with E-state index < -0.39 is 0 Å². The van der Waals surface area contributed by atoms with Crippen molar-refractivity contribution in [3.63, 3.8) is 0 Å².